The maximum absolute atomic E-state index is 13.5. The molecule has 0 aliphatic rings. The summed E-state index contributed by atoms with van der Waals surface area (Å²) in [6, 6.07) is 7.30. The number of aryl methyl sites for hydroxylation is 1. The molecular formula is C15H14FNO4. The summed E-state index contributed by atoms with van der Waals surface area (Å²) in [6.07, 6.45) is 0. The maximum atomic E-state index is 13.5. The molecule has 0 aliphatic heterocycles. The van der Waals surface area contributed by atoms with Crippen LogP contribution in [-0.4, -0.2) is 23.2 Å². The first-order valence-corrected chi connectivity index (χ1v) is 6.17. The molecule has 0 atom stereocenters. The second kappa shape index (κ2) is 6.21. The lowest BCUT2D eigenvalue weighted by molar-refractivity contribution is 0.0686. The van der Waals surface area contributed by atoms with E-state index in [2.05, 4.69) is 4.98 Å². The van der Waals surface area contributed by atoms with Crippen LogP contribution in [-0.2, 0) is 6.61 Å². The van der Waals surface area contributed by atoms with Crippen LogP contribution in [0, 0.1) is 12.7 Å². The summed E-state index contributed by atoms with van der Waals surface area (Å²) < 4.78 is 24.0. The number of pyridine rings is 1. The zero-order valence-corrected chi connectivity index (χ0v) is 11.6. The Bertz CT molecular complexity index is 673. The molecule has 0 amide bonds. The first kappa shape index (κ1) is 14.8. The summed E-state index contributed by atoms with van der Waals surface area (Å²) >= 11 is 0. The fraction of sp³-hybridized carbons (Fsp3) is 0.200. The number of nitrogens with zero attached hydrogens (tertiary/aromatic N) is 1. The average Bonchev–Trinajstić information content (AvgIpc) is 2.44. The third-order valence-electron chi connectivity index (χ3n) is 2.78. The number of aromatic nitrogens is 1. The lowest BCUT2D eigenvalue weighted by Gasteiger charge is -2.10. The largest absolute Gasteiger partial charge is 0.497 e. The zero-order chi connectivity index (χ0) is 15.4. The van der Waals surface area contributed by atoms with Crippen LogP contribution in [0.15, 0.2) is 30.3 Å². The van der Waals surface area contributed by atoms with Gasteiger partial charge in [0.2, 0.25) is 0 Å². The quantitative estimate of drug-likeness (QED) is 0.917. The first-order valence-electron chi connectivity index (χ1n) is 6.17. The van der Waals surface area contributed by atoms with Gasteiger partial charge in [0.05, 0.1) is 12.8 Å². The number of carboxylic acid groups (broad SMARTS) is 1. The maximum Gasteiger partial charge on any atom is 0.342 e. The Balaban J connectivity index is 2.23. The number of rotatable bonds is 5. The fourth-order valence-electron chi connectivity index (χ4n) is 1.88. The first-order chi connectivity index (χ1) is 10.0. The summed E-state index contributed by atoms with van der Waals surface area (Å²) in [7, 11) is 1.54. The van der Waals surface area contributed by atoms with Crippen LogP contribution >= 0.6 is 0 Å². The molecule has 2 rings (SSSR count). The molecule has 0 unspecified atom stereocenters. The summed E-state index contributed by atoms with van der Waals surface area (Å²) in [4.78, 5) is 15.3. The molecule has 0 radical (unpaired) electrons. The van der Waals surface area contributed by atoms with Gasteiger partial charge < -0.3 is 14.6 Å². The van der Waals surface area contributed by atoms with Crippen molar-refractivity contribution in [3.05, 3.63) is 53.1 Å². The molecule has 1 heterocycles. The number of methoxy groups -OCH3 is 1. The third-order valence-corrected chi connectivity index (χ3v) is 2.78. The molecule has 0 spiro atoms. The van der Waals surface area contributed by atoms with Crippen LogP contribution in [0.25, 0.3) is 0 Å². The van der Waals surface area contributed by atoms with Crippen molar-refractivity contribution < 1.29 is 23.8 Å². The fourth-order valence-corrected chi connectivity index (χ4v) is 1.88. The van der Waals surface area contributed by atoms with E-state index in [9.17, 15) is 9.18 Å². The Labute approximate surface area is 121 Å². The van der Waals surface area contributed by atoms with Gasteiger partial charge in [0, 0.05) is 17.8 Å². The van der Waals surface area contributed by atoms with Crippen LogP contribution in [0.5, 0.6) is 11.5 Å². The van der Waals surface area contributed by atoms with Gasteiger partial charge in [0.1, 0.15) is 29.5 Å². The Morgan fingerprint density at radius 2 is 2.14 bits per heavy atom. The summed E-state index contributed by atoms with van der Waals surface area (Å²) in [5, 5.41) is 9.01. The van der Waals surface area contributed by atoms with E-state index in [1.54, 1.807) is 19.1 Å². The van der Waals surface area contributed by atoms with Crippen LogP contribution in [0.3, 0.4) is 0 Å². The van der Waals surface area contributed by atoms with Gasteiger partial charge in [0.25, 0.3) is 0 Å². The molecule has 0 saturated heterocycles. The van der Waals surface area contributed by atoms with Crippen molar-refractivity contribution >= 4 is 5.97 Å². The van der Waals surface area contributed by atoms with Gasteiger partial charge in [-0.2, -0.15) is 0 Å². The van der Waals surface area contributed by atoms with E-state index in [1.165, 1.54) is 19.2 Å². The molecule has 1 aromatic carbocycles. The molecule has 21 heavy (non-hydrogen) atoms. The van der Waals surface area contributed by atoms with Crippen LogP contribution < -0.4 is 9.47 Å². The minimum Gasteiger partial charge on any atom is -0.497 e. The van der Waals surface area contributed by atoms with Gasteiger partial charge in [-0.05, 0) is 19.1 Å². The van der Waals surface area contributed by atoms with Gasteiger partial charge in [0.15, 0.2) is 0 Å². The van der Waals surface area contributed by atoms with E-state index in [-0.39, 0.29) is 12.4 Å². The second-order valence-corrected chi connectivity index (χ2v) is 4.35. The van der Waals surface area contributed by atoms with Gasteiger partial charge in [-0.1, -0.05) is 6.07 Å². The molecule has 0 saturated carbocycles. The van der Waals surface area contributed by atoms with Crippen molar-refractivity contribution in [3.63, 3.8) is 0 Å². The van der Waals surface area contributed by atoms with E-state index >= 15 is 0 Å². The number of benzene rings is 1. The monoisotopic (exact) mass is 291 g/mol. The average molecular weight is 291 g/mol. The highest BCUT2D eigenvalue weighted by atomic mass is 19.1. The molecule has 1 N–H and O–H groups in total. The van der Waals surface area contributed by atoms with Gasteiger partial charge in [-0.25, -0.2) is 9.18 Å². The van der Waals surface area contributed by atoms with Crippen molar-refractivity contribution in [2.24, 2.45) is 0 Å². The van der Waals surface area contributed by atoms with Crippen LogP contribution in [0.4, 0.5) is 4.39 Å². The summed E-state index contributed by atoms with van der Waals surface area (Å²) in [6.45, 7) is 1.82. The Morgan fingerprint density at radius 3 is 2.81 bits per heavy atom. The van der Waals surface area contributed by atoms with Crippen LogP contribution in [0.1, 0.15) is 21.7 Å². The molecule has 1 aromatic heterocycles. The highest BCUT2D eigenvalue weighted by Gasteiger charge is 2.17. The Hall–Kier alpha value is -2.63. The molecular weight excluding hydrogens is 277 g/mol. The van der Waals surface area contributed by atoms with Crippen molar-refractivity contribution in [3.8, 4) is 11.5 Å². The second-order valence-electron chi connectivity index (χ2n) is 4.35. The van der Waals surface area contributed by atoms with Crippen LogP contribution in [0.2, 0.25) is 0 Å². The van der Waals surface area contributed by atoms with Crippen molar-refractivity contribution in [2.75, 3.05) is 7.11 Å². The van der Waals surface area contributed by atoms with Crippen molar-refractivity contribution in [1.29, 1.82) is 0 Å². The van der Waals surface area contributed by atoms with Gasteiger partial charge >= 0.3 is 5.97 Å². The van der Waals surface area contributed by atoms with E-state index in [0.717, 1.165) is 11.8 Å². The molecule has 5 nitrogen and oxygen atoms in total. The topological polar surface area (TPSA) is 68.7 Å². The smallest absolute Gasteiger partial charge is 0.342 e. The van der Waals surface area contributed by atoms with E-state index < -0.39 is 17.3 Å². The zero-order valence-electron chi connectivity index (χ0n) is 11.6. The number of aromatic carboxylic acids is 1. The van der Waals surface area contributed by atoms with E-state index in [0.29, 0.717) is 11.4 Å². The van der Waals surface area contributed by atoms with Crippen molar-refractivity contribution in [1.82, 2.24) is 4.98 Å². The highest BCUT2D eigenvalue weighted by molar-refractivity contribution is 5.91. The van der Waals surface area contributed by atoms with E-state index in [1.807, 2.05) is 0 Å². The standard InChI is InChI=1S/C15H14FNO4/c1-9-6-11(20-2)7-10(17-9)8-21-13-5-3-4-12(16)14(13)15(18)19/h3-7H,8H2,1-2H3,(H,18,19). The third kappa shape index (κ3) is 3.47. The lowest BCUT2D eigenvalue weighted by atomic mass is 10.2. The van der Waals surface area contributed by atoms with Gasteiger partial charge in [-0.3, -0.25) is 4.98 Å². The predicted octanol–water partition coefficient (Wildman–Crippen LogP) is 2.81. The molecule has 0 aliphatic carbocycles. The molecule has 0 fully saturated rings. The van der Waals surface area contributed by atoms with E-state index in [4.69, 9.17) is 14.6 Å². The highest BCUT2D eigenvalue weighted by Crippen LogP contribution is 2.23. The molecule has 2 aromatic rings. The Kier molecular flexibility index (Phi) is 4.37. The number of carbonyl (C=O) groups is 1. The minimum atomic E-state index is -1.38. The number of ether oxygens (including phenoxy) is 2. The van der Waals surface area contributed by atoms with Crippen molar-refractivity contribution in [2.45, 2.75) is 13.5 Å². The molecule has 110 valence electrons. The minimum absolute atomic E-state index is 0.0156. The summed E-state index contributed by atoms with van der Waals surface area (Å²) in [5.41, 5.74) is 0.815. The SMILES string of the molecule is COc1cc(C)nc(COc2cccc(F)c2C(=O)O)c1. The van der Waals surface area contributed by atoms with Gasteiger partial charge in [-0.15, -0.1) is 0 Å². The molecule has 0 bridgehead atoms. The Morgan fingerprint density at radius 1 is 1.38 bits per heavy atom. The lowest BCUT2D eigenvalue weighted by Crippen LogP contribution is -2.07. The normalized spacial score (nSPS) is 10.2. The molecule has 6 heteroatoms. The number of carboxylic acids is 1. The number of halogens is 1. The number of hydrogen-bond acceptors (Lipinski definition) is 4. The predicted molar refractivity (Wildman–Crippen MR) is 73.2 cm³/mol. The summed E-state index contributed by atoms with van der Waals surface area (Å²) in [5.74, 6) is -1.63. The number of hydrogen-bond donors (Lipinski definition) is 1.